The molecule has 2 N–H and O–H groups in total. The van der Waals surface area contributed by atoms with Gasteiger partial charge in [0.1, 0.15) is 5.52 Å². The summed E-state index contributed by atoms with van der Waals surface area (Å²) in [4.78, 5) is 15.5. The van der Waals surface area contributed by atoms with E-state index in [1.165, 1.54) is 0 Å². The summed E-state index contributed by atoms with van der Waals surface area (Å²) in [5.41, 5.74) is 8.69. The molecule has 4 heterocycles. The van der Waals surface area contributed by atoms with Gasteiger partial charge in [0.15, 0.2) is 11.5 Å². The first-order chi connectivity index (χ1) is 13.0. The summed E-state index contributed by atoms with van der Waals surface area (Å²) in [5.74, 6) is 1.43. The Morgan fingerprint density at radius 1 is 1.15 bits per heavy atom. The Balaban J connectivity index is 1.61. The molecule has 0 spiro atoms. The van der Waals surface area contributed by atoms with Crippen LogP contribution in [-0.2, 0) is 0 Å². The fraction of sp³-hybridized carbons (Fsp3) is 0.412. The quantitative estimate of drug-likeness (QED) is 0.567. The van der Waals surface area contributed by atoms with Crippen molar-refractivity contribution < 1.29 is 0 Å². The lowest BCUT2D eigenvalue weighted by atomic mass is 10.1. The van der Waals surface area contributed by atoms with Crippen LogP contribution in [0.25, 0.3) is 16.8 Å². The lowest BCUT2D eigenvalue weighted by molar-refractivity contribution is 0.611. The largest absolute Gasteiger partial charge is 0.396 e. The van der Waals surface area contributed by atoms with Gasteiger partial charge in [0, 0.05) is 25.6 Å². The first-order valence-electron chi connectivity index (χ1n) is 8.82. The number of likely N-dealkylation sites (N-methyl/N-ethyl adjacent to an activating group) is 1. The zero-order chi connectivity index (χ0) is 19.1. The number of nitrogens with zero attached hydrogens (tertiary/aromatic N) is 9. The van der Waals surface area contributed by atoms with E-state index in [0.717, 1.165) is 17.0 Å². The highest BCUT2D eigenvalue weighted by atomic mass is 15.4. The van der Waals surface area contributed by atoms with E-state index in [0.29, 0.717) is 23.8 Å². The van der Waals surface area contributed by atoms with Crippen LogP contribution in [-0.4, -0.2) is 52.9 Å². The van der Waals surface area contributed by atoms with Crippen molar-refractivity contribution in [2.45, 2.75) is 32.7 Å². The molecular weight excluding hydrogens is 344 g/mol. The van der Waals surface area contributed by atoms with Crippen molar-refractivity contribution in [3.8, 4) is 0 Å². The van der Waals surface area contributed by atoms with E-state index >= 15 is 0 Å². The van der Waals surface area contributed by atoms with E-state index in [1.54, 1.807) is 29.3 Å². The molecule has 4 aromatic rings. The maximum absolute atomic E-state index is 5.94. The van der Waals surface area contributed by atoms with Gasteiger partial charge in [0.05, 0.1) is 24.4 Å². The lowest BCUT2D eigenvalue weighted by Gasteiger charge is -2.20. The third-order valence-electron chi connectivity index (χ3n) is 4.55. The fourth-order valence-electron chi connectivity index (χ4n) is 3.10. The highest BCUT2D eigenvalue weighted by Gasteiger charge is 2.19. The van der Waals surface area contributed by atoms with E-state index < -0.39 is 0 Å². The molecule has 27 heavy (non-hydrogen) atoms. The number of hydrogen-bond donors (Lipinski definition) is 1. The predicted molar refractivity (Wildman–Crippen MR) is 103 cm³/mol. The Labute approximate surface area is 156 Å². The van der Waals surface area contributed by atoms with Crippen LogP contribution in [0.5, 0.6) is 0 Å². The van der Waals surface area contributed by atoms with Crippen molar-refractivity contribution in [1.29, 1.82) is 0 Å². The Kier molecular flexibility index (Phi) is 4.09. The minimum Gasteiger partial charge on any atom is -0.396 e. The molecule has 0 radical (unpaired) electrons. The van der Waals surface area contributed by atoms with Gasteiger partial charge in [0.25, 0.3) is 0 Å². The topological polar surface area (TPSA) is 116 Å². The second-order valence-corrected chi connectivity index (χ2v) is 6.99. The van der Waals surface area contributed by atoms with Gasteiger partial charge >= 0.3 is 0 Å². The highest BCUT2D eigenvalue weighted by molar-refractivity contribution is 5.71. The molecular formula is C17H22N10. The fourth-order valence-corrected chi connectivity index (χ4v) is 3.10. The minimum atomic E-state index is 0.0496. The van der Waals surface area contributed by atoms with Crippen LogP contribution in [0.4, 0.5) is 11.6 Å². The first kappa shape index (κ1) is 17.1. The monoisotopic (exact) mass is 366 g/mol. The molecule has 1 atom stereocenters. The van der Waals surface area contributed by atoms with Gasteiger partial charge in [-0.15, -0.1) is 10.2 Å². The summed E-state index contributed by atoms with van der Waals surface area (Å²) >= 11 is 0. The normalized spacial score (nSPS) is 12.9. The molecule has 0 bridgehead atoms. The molecule has 140 valence electrons. The van der Waals surface area contributed by atoms with Gasteiger partial charge < -0.3 is 15.2 Å². The third-order valence-corrected chi connectivity index (χ3v) is 4.55. The first-order valence-corrected chi connectivity index (χ1v) is 8.82. The zero-order valence-electron chi connectivity index (χ0n) is 15.8. The molecule has 10 heteroatoms. The van der Waals surface area contributed by atoms with Crippen LogP contribution in [0, 0.1) is 0 Å². The van der Waals surface area contributed by atoms with Crippen LogP contribution in [0.1, 0.15) is 38.6 Å². The number of imidazole rings is 1. The number of nitrogens with two attached hydrogens (primary N) is 1. The van der Waals surface area contributed by atoms with Crippen molar-refractivity contribution in [2.75, 3.05) is 24.2 Å². The van der Waals surface area contributed by atoms with Crippen LogP contribution in [0.2, 0.25) is 0 Å². The van der Waals surface area contributed by atoms with Crippen LogP contribution in [0.3, 0.4) is 0 Å². The van der Waals surface area contributed by atoms with Gasteiger partial charge in [-0.3, -0.25) is 0 Å². The van der Waals surface area contributed by atoms with Crippen molar-refractivity contribution in [1.82, 2.24) is 39.3 Å². The van der Waals surface area contributed by atoms with Gasteiger partial charge in [-0.1, -0.05) is 6.92 Å². The van der Waals surface area contributed by atoms with Gasteiger partial charge in [-0.05, 0) is 19.9 Å². The molecule has 1 unspecified atom stereocenters. The maximum atomic E-state index is 5.94. The van der Waals surface area contributed by atoms with Gasteiger partial charge in [-0.2, -0.15) is 14.6 Å². The number of rotatable bonds is 5. The summed E-state index contributed by atoms with van der Waals surface area (Å²) in [6.07, 6.45) is 5.21. The number of nitrogen functional groups attached to an aromatic ring is 1. The molecule has 0 aliphatic carbocycles. The number of fused-ring (bicyclic) bond motifs is 2. The Morgan fingerprint density at radius 3 is 2.74 bits per heavy atom. The lowest BCUT2D eigenvalue weighted by Crippen LogP contribution is -2.26. The zero-order valence-corrected chi connectivity index (χ0v) is 15.8. The highest BCUT2D eigenvalue weighted by Crippen LogP contribution is 2.21. The van der Waals surface area contributed by atoms with Crippen LogP contribution in [0.15, 0.2) is 24.8 Å². The summed E-state index contributed by atoms with van der Waals surface area (Å²) in [6, 6.07) is 1.99. The number of aromatic nitrogens is 8. The van der Waals surface area contributed by atoms with E-state index in [9.17, 15) is 0 Å². The van der Waals surface area contributed by atoms with E-state index in [2.05, 4.69) is 46.0 Å². The minimum absolute atomic E-state index is 0.0496. The SMILES string of the molecule is CC(CN(C)c1ncc2ncn(C(C)C)c2n1)c1nnc2c(N)ccnn12. The predicted octanol–water partition coefficient (Wildman–Crippen LogP) is 1.67. The van der Waals surface area contributed by atoms with Crippen LogP contribution < -0.4 is 10.6 Å². The van der Waals surface area contributed by atoms with Crippen molar-refractivity contribution in [2.24, 2.45) is 0 Å². The van der Waals surface area contributed by atoms with Crippen LogP contribution >= 0.6 is 0 Å². The Morgan fingerprint density at radius 2 is 1.96 bits per heavy atom. The summed E-state index contributed by atoms with van der Waals surface area (Å²) in [7, 11) is 1.96. The van der Waals surface area contributed by atoms with E-state index in [1.807, 2.05) is 16.5 Å². The summed E-state index contributed by atoms with van der Waals surface area (Å²) in [6.45, 7) is 6.92. The molecule has 0 aliphatic rings. The standard InChI is InChI=1S/C17H22N10/c1-10(2)26-9-20-13-7-19-17(22-16(13)26)25(4)8-11(3)14-23-24-15-12(18)5-6-21-27(14)15/h5-7,9-11H,8,18H2,1-4H3. The smallest absolute Gasteiger partial charge is 0.227 e. The van der Waals surface area contributed by atoms with E-state index in [4.69, 9.17) is 10.7 Å². The van der Waals surface area contributed by atoms with Crippen molar-refractivity contribution in [3.63, 3.8) is 0 Å². The second-order valence-electron chi connectivity index (χ2n) is 6.99. The average molecular weight is 366 g/mol. The molecule has 4 aromatic heterocycles. The Hall–Kier alpha value is -3.30. The second kappa shape index (κ2) is 6.45. The number of hydrogen-bond acceptors (Lipinski definition) is 8. The van der Waals surface area contributed by atoms with Crippen molar-refractivity contribution in [3.05, 3.63) is 30.6 Å². The molecule has 0 aliphatic heterocycles. The van der Waals surface area contributed by atoms with Crippen molar-refractivity contribution >= 4 is 28.4 Å². The summed E-state index contributed by atoms with van der Waals surface area (Å²) < 4.78 is 3.72. The molecule has 4 rings (SSSR count). The van der Waals surface area contributed by atoms with E-state index in [-0.39, 0.29) is 12.0 Å². The average Bonchev–Trinajstić information content (AvgIpc) is 3.26. The number of anilines is 2. The molecule has 0 fully saturated rings. The molecule has 0 saturated heterocycles. The van der Waals surface area contributed by atoms with Gasteiger partial charge in [0.2, 0.25) is 11.6 Å². The summed E-state index contributed by atoms with van der Waals surface area (Å²) in [5, 5.41) is 12.7. The maximum Gasteiger partial charge on any atom is 0.227 e. The third kappa shape index (κ3) is 2.92. The van der Waals surface area contributed by atoms with Gasteiger partial charge in [-0.25, -0.2) is 9.97 Å². The molecule has 0 amide bonds. The molecule has 10 nitrogen and oxygen atoms in total. The Bertz CT molecular complexity index is 1100. The molecule has 0 aromatic carbocycles. The molecule has 0 saturated carbocycles.